The fourth-order valence-corrected chi connectivity index (χ4v) is 7.31. The largest absolute Gasteiger partial charge is 0.493 e. The lowest BCUT2D eigenvalue weighted by molar-refractivity contribution is 0.353. The second kappa shape index (κ2) is 10.2. The molecule has 1 aliphatic heterocycles. The third kappa shape index (κ3) is 4.25. The van der Waals surface area contributed by atoms with Gasteiger partial charge in [0.1, 0.15) is 0 Å². The minimum atomic E-state index is -0.190. The highest BCUT2D eigenvalue weighted by Gasteiger charge is 2.32. The molecule has 0 saturated heterocycles. The molecule has 192 valence electrons. The zero-order valence-corrected chi connectivity index (χ0v) is 24.4. The molecular weight excluding hydrogens is 580 g/mol. The standard InChI is InChI=1S/C30H25BrN2O3S2/c1-35-24-15-17(14-23(31)28(24)36-2)16-25-29(34)33-27(19-8-11-20(37-3)12-9-19)22-13-10-18-6-4-5-7-21(18)26(22)32-30(33)38-25/h4-9,11-12,14-16,27H,10,13H2,1-3H3. The Kier molecular flexibility index (Phi) is 6.80. The first kappa shape index (κ1) is 25.2. The average molecular weight is 606 g/mol. The number of allylic oxidation sites excluding steroid dienone is 1. The molecule has 38 heavy (non-hydrogen) atoms. The van der Waals surface area contributed by atoms with E-state index >= 15 is 0 Å². The Labute approximate surface area is 237 Å². The van der Waals surface area contributed by atoms with E-state index in [0.717, 1.165) is 38.9 Å². The normalized spacial score (nSPS) is 16.4. The number of nitrogens with zero attached hydrogens (tertiary/aromatic N) is 2. The first-order valence-electron chi connectivity index (χ1n) is 12.2. The van der Waals surface area contributed by atoms with Gasteiger partial charge in [-0.1, -0.05) is 47.7 Å². The third-order valence-corrected chi connectivity index (χ3v) is 9.37. The second-order valence-corrected chi connectivity index (χ2v) is 11.9. The van der Waals surface area contributed by atoms with Crippen LogP contribution < -0.4 is 24.4 Å². The lowest BCUT2D eigenvalue weighted by atomic mass is 9.83. The van der Waals surface area contributed by atoms with Crippen molar-refractivity contribution in [1.29, 1.82) is 0 Å². The number of aromatic nitrogens is 1. The molecule has 0 saturated carbocycles. The third-order valence-electron chi connectivity index (χ3n) is 7.06. The van der Waals surface area contributed by atoms with E-state index in [2.05, 4.69) is 70.7 Å². The molecule has 0 fully saturated rings. The van der Waals surface area contributed by atoms with E-state index in [-0.39, 0.29) is 11.6 Å². The van der Waals surface area contributed by atoms with Crippen molar-refractivity contribution in [2.45, 2.75) is 23.8 Å². The molecule has 2 heterocycles. The maximum atomic E-state index is 14.0. The number of aryl methyl sites for hydroxylation is 1. The molecule has 0 radical (unpaired) electrons. The van der Waals surface area contributed by atoms with Gasteiger partial charge in [-0.25, -0.2) is 4.99 Å². The van der Waals surface area contributed by atoms with Crippen molar-refractivity contribution in [3.63, 3.8) is 0 Å². The van der Waals surface area contributed by atoms with Gasteiger partial charge < -0.3 is 9.47 Å². The van der Waals surface area contributed by atoms with Crippen molar-refractivity contribution in [3.05, 3.63) is 113 Å². The van der Waals surface area contributed by atoms with E-state index in [1.807, 2.05) is 22.8 Å². The number of hydrogen-bond acceptors (Lipinski definition) is 6. The molecule has 5 nitrogen and oxygen atoms in total. The van der Waals surface area contributed by atoms with Crippen molar-refractivity contribution < 1.29 is 9.47 Å². The molecule has 0 spiro atoms. The first-order chi connectivity index (χ1) is 18.5. The molecule has 0 N–H and O–H groups in total. The molecular formula is C30H25BrN2O3S2. The fraction of sp³-hybridized carbons (Fsp3) is 0.200. The number of methoxy groups -OCH3 is 2. The number of rotatable bonds is 5. The Morgan fingerprint density at radius 3 is 2.61 bits per heavy atom. The highest BCUT2D eigenvalue weighted by molar-refractivity contribution is 9.10. The Morgan fingerprint density at radius 2 is 1.87 bits per heavy atom. The van der Waals surface area contributed by atoms with Crippen molar-refractivity contribution in [2.75, 3.05) is 20.5 Å². The molecule has 6 rings (SSSR count). The number of hydrogen-bond donors (Lipinski definition) is 0. The monoisotopic (exact) mass is 604 g/mol. The number of halogens is 1. The second-order valence-electron chi connectivity index (χ2n) is 9.13. The van der Waals surface area contributed by atoms with Gasteiger partial charge in [0.05, 0.1) is 35.0 Å². The van der Waals surface area contributed by atoms with Gasteiger partial charge >= 0.3 is 0 Å². The lowest BCUT2D eigenvalue weighted by Crippen LogP contribution is -2.38. The van der Waals surface area contributed by atoms with Crippen LogP contribution in [0.5, 0.6) is 11.5 Å². The van der Waals surface area contributed by atoms with Crippen LogP contribution in [0.25, 0.3) is 11.8 Å². The van der Waals surface area contributed by atoms with Crippen molar-refractivity contribution in [2.24, 2.45) is 4.99 Å². The molecule has 1 aliphatic carbocycles. The minimum absolute atomic E-state index is 0.0380. The smallest absolute Gasteiger partial charge is 0.271 e. The summed E-state index contributed by atoms with van der Waals surface area (Å²) in [4.78, 5) is 21.0. The van der Waals surface area contributed by atoms with E-state index in [4.69, 9.17) is 14.5 Å². The van der Waals surface area contributed by atoms with Crippen molar-refractivity contribution >= 4 is 50.8 Å². The van der Waals surface area contributed by atoms with Crippen molar-refractivity contribution in [3.8, 4) is 11.5 Å². The van der Waals surface area contributed by atoms with Crippen LogP contribution in [-0.4, -0.2) is 25.0 Å². The van der Waals surface area contributed by atoms with E-state index in [0.29, 0.717) is 16.0 Å². The molecule has 1 unspecified atom stereocenters. The summed E-state index contributed by atoms with van der Waals surface area (Å²) >= 11 is 6.70. The van der Waals surface area contributed by atoms with Crippen LogP contribution in [0.15, 0.2) is 85.4 Å². The van der Waals surface area contributed by atoms with Gasteiger partial charge in [-0.3, -0.25) is 9.36 Å². The summed E-state index contributed by atoms with van der Waals surface area (Å²) in [5.41, 5.74) is 6.59. The topological polar surface area (TPSA) is 52.8 Å². The van der Waals surface area contributed by atoms with Gasteiger partial charge in [-0.15, -0.1) is 11.8 Å². The van der Waals surface area contributed by atoms with Crippen LogP contribution in [0, 0.1) is 0 Å². The molecule has 3 aromatic carbocycles. The van der Waals surface area contributed by atoms with Crippen LogP contribution in [0.3, 0.4) is 0 Å². The summed E-state index contributed by atoms with van der Waals surface area (Å²) in [6, 6.07) is 20.7. The summed E-state index contributed by atoms with van der Waals surface area (Å²) in [7, 11) is 3.21. The molecule has 8 heteroatoms. The SMILES string of the molecule is COc1cc(C=c2sc3n(c2=O)C(c2ccc(SC)cc2)C2=C(N=3)c3ccccc3CC2)cc(Br)c1OC. The highest BCUT2D eigenvalue weighted by atomic mass is 79.9. The van der Waals surface area contributed by atoms with E-state index < -0.39 is 0 Å². The number of thiazole rings is 1. The summed E-state index contributed by atoms with van der Waals surface area (Å²) in [6.07, 6.45) is 5.79. The minimum Gasteiger partial charge on any atom is -0.493 e. The van der Waals surface area contributed by atoms with Gasteiger partial charge in [0.15, 0.2) is 16.3 Å². The van der Waals surface area contributed by atoms with Crippen LogP contribution in [0.4, 0.5) is 0 Å². The maximum absolute atomic E-state index is 14.0. The molecule has 1 aromatic heterocycles. The van der Waals surface area contributed by atoms with E-state index in [1.165, 1.54) is 32.9 Å². The van der Waals surface area contributed by atoms with Crippen LogP contribution in [-0.2, 0) is 6.42 Å². The average Bonchev–Trinajstić information content (AvgIpc) is 3.25. The van der Waals surface area contributed by atoms with E-state index in [1.54, 1.807) is 26.0 Å². The number of benzene rings is 3. The van der Waals surface area contributed by atoms with Gasteiger partial charge in [-0.2, -0.15) is 0 Å². The van der Waals surface area contributed by atoms with Gasteiger partial charge in [0.2, 0.25) is 0 Å². The lowest BCUT2D eigenvalue weighted by Gasteiger charge is -2.30. The Morgan fingerprint density at radius 1 is 1.08 bits per heavy atom. The number of fused-ring (bicyclic) bond motifs is 3. The van der Waals surface area contributed by atoms with Crippen LogP contribution in [0.2, 0.25) is 0 Å². The van der Waals surface area contributed by atoms with Gasteiger partial charge in [-0.05, 0) is 87.6 Å². The highest BCUT2D eigenvalue weighted by Crippen LogP contribution is 2.41. The molecule has 4 aromatic rings. The van der Waals surface area contributed by atoms with Crippen LogP contribution >= 0.6 is 39.0 Å². The Bertz CT molecular complexity index is 1770. The molecule has 0 bridgehead atoms. The van der Waals surface area contributed by atoms with Gasteiger partial charge in [0.25, 0.3) is 5.56 Å². The summed E-state index contributed by atoms with van der Waals surface area (Å²) in [5, 5.41) is 0. The van der Waals surface area contributed by atoms with Crippen LogP contribution in [0.1, 0.15) is 34.7 Å². The Balaban J connectivity index is 1.58. The Hall–Kier alpha value is -3.07. The maximum Gasteiger partial charge on any atom is 0.271 e. The molecule has 0 amide bonds. The van der Waals surface area contributed by atoms with Gasteiger partial charge in [0, 0.05) is 10.5 Å². The fourth-order valence-electron chi connectivity index (χ4n) is 5.28. The van der Waals surface area contributed by atoms with Crippen molar-refractivity contribution in [1.82, 2.24) is 4.57 Å². The summed E-state index contributed by atoms with van der Waals surface area (Å²) in [5.74, 6) is 1.21. The first-order valence-corrected chi connectivity index (χ1v) is 15.0. The summed E-state index contributed by atoms with van der Waals surface area (Å²) < 4.78 is 14.2. The van der Waals surface area contributed by atoms with E-state index in [9.17, 15) is 4.79 Å². The quantitative estimate of drug-likeness (QED) is 0.269. The zero-order chi connectivity index (χ0) is 26.4. The molecule has 2 aliphatic rings. The summed E-state index contributed by atoms with van der Waals surface area (Å²) in [6.45, 7) is 0. The zero-order valence-electron chi connectivity index (χ0n) is 21.2. The predicted molar refractivity (Wildman–Crippen MR) is 158 cm³/mol. The predicted octanol–water partition coefficient (Wildman–Crippen LogP) is 5.82. The number of ether oxygens (including phenoxy) is 2. The number of thioether (sulfide) groups is 1. The molecule has 1 atom stereocenters.